The fraction of sp³-hybridized carbons (Fsp3) is 0.167. The molecule has 1 aromatic heterocycles. The molecule has 0 saturated carbocycles. The molecule has 0 spiro atoms. The van der Waals surface area contributed by atoms with E-state index in [4.69, 9.17) is 9.47 Å². The van der Waals surface area contributed by atoms with Crippen LogP contribution < -0.4 is 14.3 Å². The first kappa shape index (κ1) is 24.6. The molecular weight excluding hydrogens is 493 g/mol. The van der Waals surface area contributed by atoms with Gasteiger partial charge in [0.05, 0.1) is 28.8 Å². The van der Waals surface area contributed by atoms with E-state index in [1.54, 1.807) is 48.1 Å². The van der Waals surface area contributed by atoms with Gasteiger partial charge < -0.3 is 14.0 Å². The molecule has 0 bridgehead atoms. The zero-order valence-corrected chi connectivity index (χ0v) is 20.5. The lowest BCUT2D eigenvalue weighted by atomic mass is 10.2. The van der Waals surface area contributed by atoms with E-state index in [0.29, 0.717) is 28.4 Å². The average Bonchev–Trinajstić information content (AvgIpc) is 3.18. The van der Waals surface area contributed by atoms with Crippen LogP contribution in [-0.2, 0) is 21.3 Å². The third kappa shape index (κ3) is 5.59. The minimum Gasteiger partial charge on any atom is -0.497 e. The summed E-state index contributed by atoms with van der Waals surface area (Å²) in [4.78, 5) is 17.6. The minimum absolute atomic E-state index is 0.0522. The Morgan fingerprint density at radius 1 is 1.09 bits per heavy atom. The molecule has 0 unspecified atom stereocenters. The van der Waals surface area contributed by atoms with E-state index in [1.165, 1.54) is 48.8 Å². The lowest BCUT2D eigenvalue weighted by Crippen LogP contribution is -2.19. The second kappa shape index (κ2) is 10.4. The topological polar surface area (TPSA) is 99.0 Å². The molecule has 0 aliphatic heterocycles. The maximum Gasteiger partial charge on any atom is 0.279 e. The molecule has 1 N–H and O–H groups in total. The zero-order valence-electron chi connectivity index (χ0n) is 18.9. The number of ether oxygens (including phenoxy) is 2. The number of nitrogens with zero attached hydrogens (tertiary/aromatic N) is 2. The minimum atomic E-state index is -3.88. The number of hydrogen-bond acceptors (Lipinski definition) is 6. The van der Waals surface area contributed by atoms with Crippen molar-refractivity contribution in [3.8, 4) is 5.75 Å². The quantitative estimate of drug-likeness (QED) is 0.382. The largest absolute Gasteiger partial charge is 0.497 e. The van der Waals surface area contributed by atoms with Crippen molar-refractivity contribution in [2.75, 3.05) is 25.5 Å². The summed E-state index contributed by atoms with van der Waals surface area (Å²) in [7, 11) is -0.821. The number of nitrogens with one attached hydrogen (secondary N) is 1. The van der Waals surface area contributed by atoms with Crippen LogP contribution in [0.3, 0.4) is 0 Å². The van der Waals surface area contributed by atoms with Crippen molar-refractivity contribution in [2.24, 2.45) is 4.99 Å². The average molecular weight is 516 g/mol. The van der Waals surface area contributed by atoms with Crippen molar-refractivity contribution in [2.45, 2.75) is 11.4 Å². The smallest absolute Gasteiger partial charge is 0.279 e. The molecule has 0 atom stereocenters. The number of sulfonamides is 1. The number of halogens is 1. The summed E-state index contributed by atoms with van der Waals surface area (Å²) in [5.41, 5.74) is 1.15. The molecular formula is C24H22FN3O5S2. The lowest BCUT2D eigenvalue weighted by Gasteiger charge is -2.09. The van der Waals surface area contributed by atoms with Gasteiger partial charge in [-0.25, -0.2) is 12.8 Å². The Morgan fingerprint density at radius 2 is 1.86 bits per heavy atom. The summed E-state index contributed by atoms with van der Waals surface area (Å²) in [5.74, 6) is -0.411. The monoisotopic (exact) mass is 515 g/mol. The Kier molecular flexibility index (Phi) is 7.29. The van der Waals surface area contributed by atoms with E-state index in [-0.39, 0.29) is 22.0 Å². The van der Waals surface area contributed by atoms with Crippen molar-refractivity contribution in [3.05, 3.63) is 82.9 Å². The van der Waals surface area contributed by atoms with Gasteiger partial charge in [0.2, 0.25) is 0 Å². The van der Waals surface area contributed by atoms with E-state index in [0.717, 1.165) is 5.52 Å². The number of fused-ring (bicyclic) bond motifs is 1. The summed E-state index contributed by atoms with van der Waals surface area (Å²) in [6, 6.07) is 16.4. The van der Waals surface area contributed by atoms with Gasteiger partial charge >= 0.3 is 0 Å². The molecule has 0 saturated heterocycles. The predicted molar refractivity (Wildman–Crippen MR) is 132 cm³/mol. The number of carbonyl (C=O) groups is 1. The summed E-state index contributed by atoms with van der Waals surface area (Å²) in [6.07, 6.45) is 0. The molecule has 4 rings (SSSR count). The van der Waals surface area contributed by atoms with E-state index in [2.05, 4.69) is 9.71 Å². The first-order valence-electron chi connectivity index (χ1n) is 10.4. The number of methoxy groups -OCH3 is 2. The Bertz CT molecular complexity index is 1540. The maximum atomic E-state index is 13.7. The standard InChI is InChI=1S/C24H22FN3O5S2/c1-32-13-12-28-21-11-6-17(25)15-22(21)34-24(28)26-23(29)16-4-3-5-18(14-16)27-35(30,31)20-9-7-19(33-2)8-10-20/h3-11,14-15,27H,12-13H2,1-2H3. The number of anilines is 1. The highest BCUT2D eigenvalue weighted by molar-refractivity contribution is 7.92. The van der Waals surface area contributed by atoms with Gasteiger partial charge in [-0.2, -0.15) is 4.99 Å². The number of hydrogen-bond donors (Lipinski definition) is 1. The van der Waals surface area contributed by atoms with E-state index >= 15 is 0 Å². The lowest BCUT2D eigenvalue weighted by molar-refractivity contribution is 0.0997. The molecule has 0 aliphatic carbocycles. The normalized spacial score (nSPS) is 12.1. The van der Waals surface area contributed by atoms with Gasteiger partial charge in [0.15, 0.2) is 4.80 Å². The summed E-state index contributed by atoms with van der Waals surface area (Å²) < 4.78 is 54.3. The van der Waals surface area contributed by atoms with E-state index in [9.17, 15) is 17.6 Å². The van der Waals surface area contributed by atoms with Gasteiger partial charge in [-0.15, -0.1) is 0 Å². The Hall–Kier alpha value is -3.54. The van der Waals surface area contributed by atoms with Crippen LogP contribution in [-0.4, -0.2) is 39.7 Å². The van der Waals surface area contributed by atoms with Crippen LogP contribution in [0.4, 0.5) is 10.1 Å². The van der Waals surface area contributed by atoms with Gasteiger partial charge in [-0.3, -0.25) is 9.52 Å². The van der Waals surface area contributed by atoms with Crippen LogP contribution >= 0.6 is 11.3 Å². The van der Waals surface area contributed by atoms with Crippen molar-refractivity contribution < 1.29 is 27.1 Å². The molecule has 1 amide bonds. The van der Waals surface area contributed by atoms with E-state index in [1.807, 2.05) is 0 Å². The molecule has 3 aromatic carbocycles. The Balaban J connectivity index is 1.64. The molecule has 8 nitrogen and oxygen atoms in total. The highest BCUT2D eigenvalue weighted by Gasteiger charge is 2.16. The Morgan fingerprint density at radius 3 is 2.57 bits per heavy atom. The number of benzene rings is 3. The molecule has 4 aromatic rings. The molecule has 35 heavy (non-hydrogen) atoms. The third-order valence-corrected chi connectivity index (χ3v) is 7.53. The fourth-order valence-corrected chi connectivity index (χ4v) is 5.50. The zero-order chi connectivity index (χ0) is 25.0. The van der Waals surface area contributed by atoms with Crippen LogP contribution in [0, 0.1) is 5.82 Å². The molecule has 0 radical (unpaired) electrons. The fourth-order valence-electron chi connectivity index (χ4n) is 3.37. The number of rotatable bonds is 8. The van der Waals surface area contributed by atoms with Crippen molar-refractivity contribution in [1.29, 1.82) is 0 Å². The van der Waals surface area contributed by atoms with Crippen LogP contribution in [0.15, 0.2) is 76.6 Å². The van der Waals surface area contributed by atoms with Gasteiger partial charge in [-0.05, 0) is 60.7 Å². The van der Waals surface area contributed by atoms with E-state index < -0.39 is 15.9 Å². The van der Waals surface area contributed by atoms with Crippen molar-refractivity contribution in [1.82, 2.24) is 4.57 Å². The third-order valence-electron chi connectivity index (χ3n) is 5.09. The van der Waals surface area contributed by atoms with Gasteiger partial charge in [0.25, 0.3) is 15.9 Å². The number of aromatic nitrogens is 1. The summed E-state index contributed by atoms with van der Waals surface area (Å²) in [6.45, 7) is 0.809. The maximum absolute atomic E-state index is 13.7. The van der Waals surface area contributed by atoms with Crippen LogP contribution in [0.2, 0.25) is 0 Å². The van der Waals surface area contributed by atoms with Crippen LogP contribution in [0.1, 0.15) is 10.4 Å². The van der Waals surface area contributed by atoms with Crippen LogP contribution in [0.5, 0.6) is 5.75 Å². The molecule has 0 fully saturated rings. The summed E-state index contributed by atoms with van der Waals surface area (Å²) >= 11 is 1.18. The van der Waals surface area contributed by atoms with Gasteiger partial charge in [-0.1, -0.05) is 17.4 Å². The van der Waals surface area contributed by atoms with Crippen molar-refractivity contribution in [3.63, 3.8) is 0 Å². The van der Waals surface area contributed by atoms with Gasteiger partial charge in [0.1, 0.15) is 11.6 Å². The Labute approximate surface area is 205 Å². The van der Waals surface area contributed by atoms with Crippen LogP contribution in [0.25, 0.3) is 10.2 Å². The second-order valence-electron chi connectivity index (χ2n) is 7.42. The highest BCUT2D eigenvalue weighted by atomic mass is 32.2. The van der Waals surface area contributed by atoms with Gasteiger partial charge in [0, 0.05) is 24.9 Å². The highest BCUT2D eigenvalue weighted by Crippen LogP contribution is 2.21. The molecule has 182 valence electrons. The first-order valence-corrected chi connectivity index (χ1v) is 12.7. The second-order valence-corrected chi connectivity index (χ2v) is 10.1. The predicted octanol–water partition coefficient (Wildman–Crippen LogP) is 4.04. The number of carbonyl (C=O) groups excluding carboxylic acids is 1. The summed E-state index contributed by atoms with van der Waals surface area (Å²) in [5, 5.41) is 0. The van der Waals surface area contributed by atoms with Crippen molar-refractivity contribution >= 4 is 43.2 Å². The number of thiazole rings is 1. The SMILES string of the molecule is COCCn1c(=NC(=O)c2cccc(NS(=O)(=O)c3ccc(OC)cc3)c2)sc2cc(F)ccc21. The molecule has 0 aliphatic rings. The molecule has 11 heteroatoms. The number of amides is 1. The first-order chi connectivity index (χ1) is 16.8. The molecule has 1 heterocycles.